The van der Waals surface area contributed by atoms with Gasteiger partial charge in [0.2, 0.25) is 5.69 Å². The zero-order chi connectivity index (χ0) is 22.8. The second-order valence-corrected chi connectivity index (χ2v) is 6.47. The van der Waals surface area contributed by atoms with E-state index >= 15 is 0 Å². The molecule has 0 amide bonds. The smallest absolute Gasteiger partial charge is 0.416 e. The van der Waals surface area contributed by atoms with Crippen molar-refractivity contribution in [2.24, 2.45) is 0 Å². The van der Waals surface area contributed by atoms with Gasteiger partial charge in [0.15, 0.2) is 5.75 Å². The van der Waals surface area contributed by atoms with Gasteiger partial charge in [-0.05, 0) is 31.2 Å². The predicted molar refractivity (Wildman–Crippen MR) is 102 cm³/mol. The van der Waals surface area contributed by atoms with Gasteiger partial charge in [-0.1, -0.05) is 35.9 Å². The van der Waals surface area contributed by atoms with Gasteiger partial charge < -0.3 is 9.47 Å². The molecule has 0 aliphatic heterocycles. The lowest BCUT2D eigenvalue weighted by molar-refractivity contribution is -0.137. The average Bonchev–Trinajstić information content (AvgIpc) is 3.06. The monoisotopic (exact) mass is 460 g/mol. The molecule has 0 bridgehead atoms. The molecule has 0 aliphatic rings. The molecule has 0 saturated heterocycles. The fourth-order valence-corrected chi connectivity index (χ4v) is 3.02. The van der Waals surface area contributed by atoms with E-state index in [1.165, 1.54) is 19.1 Å². The molecule has 0 spiro atoms. The molecule has 5 nitrogen and oxygen atoms in total. The second-order valence-electron chi connectivity index (χ2n) is 6.06. The number of esters is 1. The minimum Gasteiger partial charge on any atom is -0.461 e. The molecule has 0 atom stereocenters. The van der Waals surface area contributed by atoms with Crippen molar-refractivity contribution >= 4 is 17.6 Å². The Morgan fingerprint density at radius 1 is 1.13 bits per heavy atom. The summed E-state index contributed by atoms with van der Waals surface area (Å²) >= 11 is 6.20. The molecule has 1 aromatic heterocycles. The maximum Gasteiger partial charge on any atom is 0.416 e. The normalized spacial score (nSPS) is 11.6. The third-order valence-corrected chi connectivity index (χ3v) is 4.40. The Hall–Kier alpha value is -3.14. The highest BCUT2D eigenvalue weighted by Gasteiger charge is 2.32. The first-order valence-corrected chi connectivity index (χ1v) is 9.18. The molecule has 3 aromatic rings. The molecule has 2 aromatic carbocycles. The quantitative estimate of drug-likeness (QED) is 0.335. The standard InChI is InChI=1S/C20H14ClF5N2O3/c1-2-30-18(29)15-17(31-19(22)23)16(11-7-9-12(10-8-11)20(24,25)26)28(27-15)14-6-4-3-5-13(14)21/h3-10,19H,2H2,1H3. The Balaban J connectivity index is 2.30. The molecule has 0 aliphatic carbocycles. The van der Waals surface area contributed by atoms with Gasteiger partial charge in [-0.25, -0.2) is 9.48 Å². The van der Waals surface area contributed by atoms with E-state index in [1.807, 2.05) is 0 Å². The van der Waals surface area contributed by atoms with E-state index in [0.717, 1.165) is 28.9 Å². The third kappa shape index (κ3) is 4.79. The van der Waals surface area contributed by atoms with Crippen LogP contribution < -0.4 is 4.74 Å². The lowest BCUT2D eigenvalue weighted by Gasteiger charge is -2.13. The number of halogens is 6. The van der Waals surface area contributed by atoms with E-state index in [2.05, 4.69) is 9.84 Å². The summed E-state index contributed by atoms with van der Waals surface area (Å²) in [5.74, 6) is -1.69. The first-order valence-electron chi connectivity index (χ1n) is 8.81. The third-order valence-electron chi connectivity index (χ3n) is 4.08. The molecule has 0 unspecified atom stereocenters. The minimum absolute atomic E-state index is 0.0339. The van der Waals surface area contributed by atoms with Crippen LogP contribution in [0.15, 0.2) is 48.5 Å². The van der Waals surface area contributed by atoms with Crippen LogP contribution in [0, 0.1) is 0 Å². The molecular formula is C20H14ClF5N2O3. The Kier molecular flexibility index (Phi) is 6.49. The van der Waals surface area contributed by atoms with Crippen molar-refractivity contribution in [1.29, 1.82) is 0 Å². The van der Waals surface area contributed by atoms with Crippen LogP contribution in [0.4, 0.5) is 22.0 Å². The number of benzene rings is 2. The van der Waals surface area contributed by atoms with Gasteiger partial charge in [0, 0.05) is 5.56 Å². The number of hydrogen-bond donors (Lipinski definition) is 0. The summed E-state index contributed by atoms with van der Waals surface area (Å²) in [7, 11) is 0. The second kappa shape index (κ2) is 8.93. The highest BCUT2D eigenvalue weighted by Crippen LogP contribution is 2.39. The number of nitrogens with zero attached hydrogens (tertiary/aromatic N) is 2. The number of aromatic nitrogens is 2. The summed E-state index contributed by atoms with van der Waals surface area (Å²) in [4.78, 5) is 12.3. The van der Waals surface area contributed by atoms with Gasteiger partial charge in [0.25, 0.3) is 0 Å². The largest absolute Gasteiger partial charge is 0.461 e. The first kappa shape index (κ1) is 22.5. The number of hydrogen-bond acceptors (Lipinski definition) is 4. The van der Waals surface area contributed by atoms with Gasteiger partial charge in [-0.2, -0.15) is 27.1 Å². The molecule has 0 saturated carbocycles. The van der Waals surface area contributed by atoms with Gasteiger partial charge >= 0.3 is 18.8 Å². The van der Waals surface area contributed by atoms with E-state index in [0.29, 0.717) is 0 Å². The summed E-state index contributed by atoms with van der Waals surface area (Å²) in [6.07, 6.45) is -4.60. The summed E-state index contributed by atoms with van der Waals surface area (Å²) in [6.45, 7) is -1.90. The lowest BCUT2D eigenvalue weighted by atomic mass is 10.1. The fourth-order valence-electron chi connectivity index (χ4n) is 2.81. The van der Waals surface area contributed by atoms with Crippen molar-refractivity contribution in [1.82, 2.24) is 9.78 Å². The zero-order valence-electron chi connectivity index (χ0n) is 15.8. The summed E-state index contributed by atoms with van der Waals surface area (Å²) in [5.41, 5.74) is -1.48. The SMILES string of the molecule is CCOC(=O)c1nn(-c2ccccc2Cl)c(-c2ccc(C(F)(F)F)cc2)c1OC(F)F. The maximum atomic E-state index is 13.2. The van der Waals surface area contributed by atoms with Gasteiger partial charge in [0.05, 0.1) is 22.9 Å². The van der Waals surface area contributed by atoms with Crippen LogP contribution in [0.5, 0.6) is 5.75 Å². The van der Waals surface area contributed by atoms with Crippen LogP contribution >= 0.6 is 11.6 Å². The highest BCUT2D eigenvalue weighted by atomic mass is 35.5. The molecule has 11 heteroatoms. The number of alkyl halides is 5. The van der Waals surface area contributed by atoms with E-state index in [-0.39, 0.29) is 28.6 Å². The molecule has 164 valence electrons. The molecule has 0 radical (unpaired) electrons. The fraction of sp³-hybridized carbons (Fsp3) is 0.200. The van der Waals surface area contributed by atoms with Crippen LogP contribution in [0.2, 0.25) is 5.02 Å². The van der Waals surface area contributed by atoms with Crippen molar-refractivity contribution < 1.29 is 36.2 Å². The number of carbonyl (C=O) groups is 1. The Morgan fingerprint density at radius 3 is 2.32 bits per heavy atom. The highest BCUT2D eigenvalue weighted by molar-refractivity contribution is 6.32. The summed E-state index contributed by atoms with van der Waals surface area (Å²) < 4.78 is 75.6. The maximum absolute atomic E-state index is 13.2. The molecule has 0 N–H and O–H groups in total. The van der Waals surface area contributed by atoms with Crippen molar-refractivity contribution in [2.45, 2.75) is 19.7 Å². The van der Waals surface area contributed by atoms with Crippen LogP contribution in [0.25, 0.3) is 16.9 Å². The van der Waals surface area contributed by atoms with E-state index in [9.17, 15) is 26.7 Å². The van der Waals surface area contributed by atoms with E-state index < -0.39 is 35.8 Å². The van der Waals surface area contributed by atoms with Crippen LogP contribution in [-0.2, 0) is 10.9 Å². The number of ether oxygens (including phenoxy) is 2. The van der Waals surface area contributed by atoms with Crippen molar-refractivity contribution in [3.63, 3.8) is 0 Å². The molecule has 31 heavy (non-hydrogen) atoms. The number of para-hydroxylation sites is 1. The van der Waals surface area contributed by atoms with E-state index in [1.54, 1.807) is 12.1 Å². The van der Waals surface area contributed by atoms with Gasteiger partial charge in [0.1, 0.15) is 5.69 Å². The Morgan fingerprint density at radius 2 is 1.77 bits per heavy atom. The molecule has 0 fully saturated rings. The minimum atomic E-state index is -4.60. The summed E-state index contributed by atoms with van der Waals surface area (Å²) in [5, 5.41) is 4.19. The van der Waals surface area contributed by atoms with Crippen molar-refractivity contribution in [3.05, 3.63) is 64.8 Å². The Labute approximate surface area is 177 Å². The average molecular weight is 461 g/mol. The predicted octanol–water partition coefficient (Wildman–Crippen LogP) is 5.99. The van der Waals surface area contributed by atoms with Crippen molar-refractivity contribution in [2.75, 3.05) is 6.61 Å². The van der Waals surface area contributed by atoms with Gasteiger partial charge in [-0.15, -0.1) is 0 Å². The number of rotatable bonds is 6. The van der Waals surface area contributed by atoms with Crippen LogP contribution in [0.1, 0.15) is 23.0 Å². The molecule has 1 heterocycles. The lowest BCUT2D eigenvalue weighted by Crippen LogP contribution is -2.10. The molecule has 3 rings (SSSR count). The van der Waals surface area contributed by atoms with Crippen LogP contribution in [-0.4, -0.2) is 29.0 Å². The zero-order valence-corrected chi connectivity index (χ0v) is 16.5. The topological polar surface area (TPSA) is 53.3 Å². The number of carbonyl (C=O) groups excluding carboxylic acids is 1. The summed E-state index contributed by atoms with van der Waals surface area (Å²) in [6, 6.07) is 9.83. The Bertz CT molecular complexity index is 1080. The van der Waals surface area contributed by atoms with Crippen LogP contribution in [0.3, 0.4) is 0 Å². The van der Waals surface area contributed by atoms with Gasteiger partial charge in [-0.3, -0.25) is 0 Å². The first-order chi connectivity index (χ1) is 14.6. The van der Waals surface area contributed by atoms with Crippen molar-refractivity contribution in [3.8, 4) is 22.7 Å². The van der Waals surface area contributed by atoms with E-state index in [4.69, 9.17) is 16.3 Å². The molecular weight excluding hydrogens is 447 g/mol.